The van der Waals surface area contributed by atoms with Crippen LogP contribution in [0.15, 0.2) is 10.8 Å². The minimum atomic E-state index is -0.00981. The Morgan fingerprint density at radius 1 is 1.48 bits per heavy atom. The number of urea groups is 1. The van der Waals surface area contributed by atoms with Crippen LogP contribution in [0.1, 0.15) is 24.0 Å². The molecule has 2 aliphatic rings. The molecule has 1 N–H and O–H groups in total. The van der Waals surface area contributed by atoms with Crippen molar-refractivity contribution < 1.29 is 14.3 Å². The summed E-state index contributed by atoms with van der Waals surface area (Å²) in [5, 5.41) is 7.22. The summed E-state index contributed by atoms with van der Waals surface area (Å²) < 4.78 is 11.3. The molecule has 0 saturated carbocycles. The predicted octanol–water partition coefficient (Wildman–Crippen LogP) is 2.15. The van der Waals surface area contributed by atoms with E-state index >= 15 is 0 Å². The number of aryl methyl sites for hydroxylation is 1. The molecule has 0 unspecified atom stereocenters. The molecule has 3 heterocycles. The number of hydrogen-bond donors (Lipinski definition) is 1. The minimum absolute atomic E-state index is 0.00981. The first-order chi connectivity index (χ1) is 10.3. The minimum Gasteiger partial charge on any atom is -0.377 e. The van der Waals surface area contributed by atoms with Crippen LogP contribution in [0.5, 0.6) is 0 Å². The zero-order valence-corrected chi connectivity index (χ0v) is 13.2. The fraction of sp³-hybridized carbons (Fsp3) is 0.667. The summed E-state index contributed by atoms with van der Waals surface area (Å²) in [5.41, 5.74) is 2.42. The number of hydrogen-bond acceptors (Lipinski definition) is 4. The lowest BCUT2D eigenvalue weighted by molar-refractivity contribution is -0.0473. The van der Waals surface area contributed by atoms with E-state index in [0.29, 0.717) is 26.3 Å². The topological polar surface area (TPSA) is 50.8 Å². The summed E-state index contributed by atoms with van der Waals surface area (Å²) in [7, 11) is 0. The highest BCUT2D eigenvalue weighted by atomic mass is 32.1. The Balaban J connectivity index is 1.59. The maximum atomic E-state index is 12.5. The van der Waals surface area contributed by atoms with Gasteiger partial charge in [0, 0.05) is 19.7 Å². The van der Waals surface area contributed by atoms with Gasteiger partial charge in [-0.3, -0.25) is 0 Å². The molecule has 116 valence electrons. The Hall–Kier alpha value is -1.11. The zero-order chi connectivity index (χ0) is 14.7. The lowest BCUT2D eigenvalue weighted by Gasteiger charge is -2.38. The first-order valence-electron chi connectivity index (χ1n) is 7.51. The third-order valence-electron chi connectivity index (χ3n) is 4.21. The molecule has 0 spiro atoms. The summed E-state index contributed by atoms with van der Waals surface area (Å²) in [5.74, 6) is 0. The van der Waals surface area contributed by atoms with Gasteiger partial charge in [-0.05, 0) is 41.7 Å². The lowest BCUT2D eigenvalue weighted by atomic mass is 10.1. The molecule has 0 aromatic carbocycles. The van der Waals surface area contributed by atoms with Crippen molar-refractivity contribution in [3.8, 4) is 0 Å². The summed E-state index contributed by atoms with van der Waals surface area (Å²) >= 11 is 1.67. The Labute approximate surface area is 129 Å². The molecule has 3 rings (SSSR count). The van der Waals surface area contributed by atoms with Gasteiger partial charge in [-0.2, -0.15) is 11.3 Å². The monoisotopic (exact) mass is 310 g/mol. The molecule has 0 bridgehead atoms. The predicted molar refractivity (Wildman–Crippen MR) is 81.6 cm³/mol. The third kappa shape index (κ3) is 3.39. The van der Waals surface area contributed by atoms with Gasteiger partial charge in [-0.15, -0.1) is 0 Å². The number of rotatable bonds is 3. The number of morpholine rings is 1. The fourth-order valence-corrected chi connectivity index (χ4v) is 3.79. The van der Waals surface area contributed by atoms with E-state index in [-0.39, 0.29) is 18.2 Å². The van der Waals surface area contributed by atoms with Crippen LogP contribution in [-0.4, -0.2) is 49.4 Å². The van der Waals surface area contributed by atoms with Crippen molar-refractivity contribution in [2.45, 2.75) is 38.5 Å². The second kappa shape index (κ2) is 6.77. The largest absolute Gasteiger partial charge is 0.377 e. The molecule has 2 fully saturated rings. The average Bonchev–Trinajstić information content (AvgIpc) is 3.16. The maximum Gasteiger partial charge on any atom is 0.318 e. The highest BCUT2D eigenvalue weighted by Gasteiger charge is 2.35. The van der Waals surface area contributed by atoms with E-state index in [1.165, 1.54) is 11.1 Å². The molecule has 2 atom stereocenters. The zero-order valence-electron chi connectivity index (χ0n) is 12.3. The van der Waals surface area contributed by atoms with Gasteiger partial charge < -0.3 is 19.7 Å². The van der Waals surface area contributed by atoms with Crippen LogP contribution in [0.2, 0.25) is 0 Å². The van der Waals surface area contributed by atoms with Crippen LogP contribution in [0.4, 0.5) is 4.79 Å². The van der Waals surface area contributed by atoms with E-state index in [2.05, 4.69) is 23.0 Å². The highest BCUT2D eigenvalue weighted by Crippen LogP contribution is 2.22. The molecule has 0 aliphatic carbocycles. The number of thiophene rings is 1. The first-order valence-corrected chi connectivity index (χ1v) is 8.45. The summed E-state index contributed by atoms with van der Waals surface area (Å²) in [6, 6.07) is 0.0363. The Kier molecular flexibility index (Phi) is 4.77. The normalized spacial score (nSPS) is 26.0. The Morgan fingerprint density at radius 3 is 3.10 bits per heavy atom. The van der Waals surface area contributed by atoms with Crippen molar-refractivity contribution in [1.82, 2.24) is 10.2 Å². The number of nitrogens with one attached hydrogen (secondary N) is 1. The van der Waals surface area contributed by atoms with Crippen molar-refractivity contribution in [1.29, 1.82) is 0 Å². The first kappa shape index (κ1) is 14.8. The van der Waals surface area contributed by atoms with E-state index in [9.17, 15) is 4.79 Å². The van der Waals surface area contributed by atoms with Gasteiger partial charge in [0.15, 0.2) is 0 Å². The number of ether oxygens (including phenoxy) is 2. The van der Waals surface area contributed by atoms with E-state index < -0.39 is 0 Å². The van der Waals surface area contributed by atoms with E-state index in [1.807, 2.05) is 4.90 Å². The Bertz CT molecular complexity index is 485. The van der Waals surface area contributed by atoms with Crippen molar-refractivity contribution in [2.75, 3.05) is 26.4 Å². The quantitative estimate of drug-likeness (QED) is 0.930. The summed E-state index contributed by atoms with van der Waals surface area (Å²) in [6.45, 7) is 5.28. The van der Waals surface area contributed by atoms with Crippen molar-refractivity contribution >= 4 is 17.4 Å². The second-order valence-corrected chi connectivity index (χ2v) is 6.37. The van der Waals surface area contributed by atoms with Gasteiger partial charge >= 0.3 is 6.03 Å². The third-order valence-corrected chi connectivity index (χ3v) is 5.12. The molecular formula is C15H22N2O3S. The van der Waals surface area contributed by atoms with Gasteiger partial charge in [0.1, 0.15) is 0 Å². The van der Waals surface area contributed by atoms with Crippen molar-refractivity contribution in [3.63, 3.8) is 0 Å². The molecule has 1 aromatic rings. The van der Waals surface area contributed by atoms with Crippen LogP contribution in [0.3, 0.4) is 0 Å². The van der Waals surface area contributed by atoms with Crippen molar-refractivity contribution in [2.24, 2.45) is 0 Å². The molecule has 2 amide bonds. The summed E-state index contributed by atoms with van der Waals surface area (Å²) in [4.78, 5) is 14.4. The number of nitrogens with zero attached hydrogens (tertiary/aromatic N) is 1. The highest BCUT2D eigenvalue weighted by molar-refractivity contribution is 7.08. The summed E-state index contributed by atoms with van der Waals surface area (Å²) in [6.07, 6.45) is 2.21. The van der Waals surface area contributed by atoms with Crippen LogP contribution >= 0.6 is 11.3 Å². The molecule has 5 nitrogen and oxygen atoms in total. The van der Waals surface area contributed by atoms with Crippen molar-refractivity contribution in [3.05, 3.63) is 21.9 Å². The molecule has 6 heteroatoms. The number of amides is 2. The second-order valence-electron chi connectivity index (χ2n) is 5.63. The molecule has 0 radical (unpaired) electrons. The molecule has 2 saturated heterocycles. The van der Waals surface area contributed by atoms with Gasteiger partial charge in [-0.1, -0.05) is 0 Å². The van der Waals surface area contributed by atoms with Gasteiger partial charge in [0.2, 0.25) is 0 Å². The smallest absolute Gasteiger partial charge is 0.318 e. The van der Waals surface area contributed by atoms with E-state index in [4.69, 9.17) is 9.47 Å². The Morgan fingerprint density at radius 2 is 2.38 bits per heavy atom. The molecular weight excluding hydrogens is 288 g/mol. The van der Waals surface area contributed by atoms with Gasteiger partial charge in [0.05, 0.1) is 25.4 Å². The molecule has 1 aromatic heterocycles. The molecule has 21 heavy (non-hydrogen) atoms. The lowest BCUT2D eigenvalue weighted by Crippen LogP contribution is -2.56. The van der Waals surface area contributed by atoms with Gasteiger partial charge in [0.25, 0.3) is 0 Å². The average molecular weight is 310 g/mol. The van der Waals surface area contributed by atoms with E-state index in [0.717, 1.165) is 19.4 Å². The molecule has 2 aliphatic heterocycles. The maximum absolute atomic E-state index is 12.5. The number of carbonyl (C=O) groups is 1. The van der Waals surface area contributed by atoms with Crippen LogP contribution < -0.4 is 5.32 Å². The standard InChI is InChI=1S/C15H22N2O3S/c1-11-9-21-10-12(11)7-16-15(18)17-4-6-19-8-13(17)14-3-2-5-20-14/h9-10,13-14H,2-8H2,1H3,(H,16,18)/t13-,14-/m0/s1. The van der Waals surface area contributed by atoms with E-state index in [1.54, 1.807) is 11.3 Å². The SMILES string of the molecule is Cc1cscc1CNC(=O)N1CCOC[C@H]1[C@@H]1CCCO1. The van der Waals surface area contributed by atoms with Gasteiger partial charge in [-0.25, -0.2) is 4.79 Å². The fourth-order valence-electron chi connectivity index (χ4n) is 2.93. The number of carbonyl (C=O) groups excluding carboxylic acids is 1. The van der Waals surface area contributed by atoms with Crippen LogP contribution in [-0.2, 0) is 16.0 Å². The van der Waals surface area contributed by atoms with Crippen LogP contribution in [0, 0.1) is 6.92 Å². The van der Waals surface area contributed by atoms with Crippen LogP contribution in [0.25, 0.3) is 0 Å².